The van der Waals surface area contributed by atoms with Gasteiger partial charge in [0.15, 0.2) is 0 Å². The average molecular weight is 313 g/mol. The van der Waals surface area contributed by atoms with Gasteiger partial charge in [-0.05, 0) is 50.0 Å². The summed E-state index contributed by atoms with van der Waals surface area (Å²) in [6.07, 6.45) is 1.34. The summed E-state index contributed by atoms with van der Waals surface area (Å²) >= 11 is 0. The predicted octanol–water partition coefficient (Wildman–Crippen LogP) is 5.05. The molecule has 1 aliphatic carbocycles. The van der Waals surface area contributed by atoms with Crippen LogP contribution in [0.5, 0.6) is 0 Å². The lowest BCUT2D eigenvalue weighted by molar-refractivity contribution is -0.122. The molecule has 1 fully saturated rings. The quantitative estimate of drug-likeness (QED) is 0.430. The highest BCUT2D eigenvalue weighted by Gasteiger charge is 2.40. The lowest BCUT2D eigenvalue weighted by atomic mass is 10.0. The number of rotatable bonds is 2. The van der Waals surface area contributed by atoms with E-state index in [2.05, 4.69) is 0 Å². The van der Waals surface area contributed by atoms with E-state index in [0.29, 0.717) is 5.92 Å². The molecule has 0 unspecified atom stereocenters. The normalized spacial score (nSPS) is 22.1. The monoisotopic (exact) mass is 313 g/mol. The van der Waals surface area contributed by atoms with Crippen molar-refractivity contribution in [2.45, 2.75) is 32.2 Å². The van der Waals surface area contributed by atoms with Crippen LogP contribution in [0, 0.1) is 11.7 Å². The molecule has 0 spiro atoms. The number of fused-ring (bicyclic) bond motifs is 1. The molecule has 2 aliphatic rings. The molecule has 0 saturated heterocycles. The van der Waals surface area contributed by atoms with Crippen molar-refractivity contribution < 1.29 is 22.3 Å². The second-order valence-corrected chi connectivity index (χ2v) is 5.54. The summed E-state index contributed by atoms with van der Waals surface area (Å²) < 4.78 is 58.8. The SMILES string of the molecule is CC1=CN(C(F)(F)F)c2ccc(F)cc2[C@H](C=CC2CC2)O1. The van der Waals surface area contributed by atoms with E-state index < -0.39 is 18.2 Å². The molecule has 3 rings (SSSR count). The number of benzene rings is 1. The van der Waals surface area contributed by atoms with Gasteiger partial charge in [-0.15, -0.1) is 13.2 Å². The van der Waals surface area contributed by atoms with E-state index in [-0.39, 0.29) is 21.9 Å². The summed E-state index contributed by atoms with van der Waals surface area (Å²) in [5.74, 6) is -0.0138. The Kier molecular flexibility index (Phi) is 3.62. The first kappa shape index (κ1) is 14.9. The van der Waals surface area contributed by atoms with E-state index in [0.717, 1.165) is 37.2 Å². The van der Waals surface area contributed by atoms with Crippen molar-refractivity contribution in [2.75, 3.05) is 4.90 Å². The number of ether oxygens (including phenoxy) is 1. The first-order valence-electron chi connectivity index (χ1n) is 7.03. The van der Waals surface area contributed by atoms with E-state index in [9.17, 15) is 17.6 Å². The van der Waals surface area contributed by atoms with E-state index in [1.807, 2.05) is 6.08 Å². The Hall–Kier alpha value is -1.98. The van der Waals surface area contributed by atoms with Crippen LogP contribution in [-0.2, 0) is 4.74 Å². The topological polar surface area (TPSA) is 12.5 Å². The van der Waals surface area contributed by atoms with Gasteiger partial charge in [0, 0.05) is 5.56 Å². The fraction of sp³-hybridized carbons (Fsp3) is 0.375. The smallest absolute Gasteiger partial charge is 0.485 e. The highest BCUT2D eigenvalue weighted by Crippen LogP contribution is 2.41. The maximum atomic E-state index is 13.5. The number of hydrogen-bond donors (Lipinski definition) is 0. The van der Waals surface area contributed by atoms with Gasteiger partial charge in [0.25, 0.3) is 0 Å². The summed E-state index contributed by atoms with van der Waals surface area (Å²) in [6.45, 7) is 1.46. The molecule has 1 aliphatic heterocycles. The van der Waals surface area contributed by atoms with Crippen molar-refractivity contribution >= 4 is 5.69 Å². The minimum absolute atomic E-state index is 0.115. The van der Waals surface area contributed by atoms with Crippen LogP contribution in [0.25, 0.3) is 0 Å². The Balaban J connectivity index is 2.07. The second-order valence-electron chi connectivity index (χ2n) is 5.54. The fourth-order valence-corrected chi connectivity index (χ4v) is 2.42. The molecule has 6 heteroatoms. The second kappa shape index (κ2) is 5.34. The van der Waals surface area contributed by atoms with E-state index >= 15 is 0 Å². The third-order valence-corrected chi connectivity index (χ3v) is 3.63. The number of alkyl halides is 3. The zero-order valence-corrected chi connectivity index (χ0v) is 11.9. The molecule has 2 nitrogen and oxygen atoms in total. The van der Waals surface area contributed by atoms with Crippen molar-refractivity contribution in [2.24, 2.45) is 5.92 Å². The maximum absolute atomic E-state index is 13.5. The van der Waals surface area contributed by atoms with Gasteiger partial charge in [-0.3, -0.25) is 4.90 Å². The Labute approximate surface area is 125 Å². The van der Waals surface area contributed by atoms with Crippen molar-refractivity contribution in [1.82, 2.24) is 0 Å². The van der Waals surface area contributed by atoms with Crippen molar-refractivity contribution in [3.8, 4) is 0 Å². The van der Waals surface area contributed by atoms with Crippen molar-refractivity contribution in [3.05, 3.63) is 53.7 Å². The van der Waals surface area contributed by atoms with Gasteiger partial charge in [0.05, 0.1) is 11.9 Å². The number of anilines is 1. The molecule has 1 heterocycles. The largest absolute Gasteiger partial charge is 0.489 e. The molecule has 1 saturated carbocycles. The maximum Gasteiger partial charge on any atom is 0.489 e. The number of nitrogens with zero attached hydrogens (tertiary/aromatic N) is 1. The molecule has 22 heavy (non-hydrogen) atoms. The van der Waals surface area contributed by atoms with Gasteiger partial charge in [-0.2, -0.15) is 0 Å². The van der Waals surface area contributed by atoms with Crippen LogP contribution >= 0.6 is 0 Å². The van der Waals surface area contributed by atoms with Gasteiger partial charge in [-0.25, -0.2) is 4.39 Å². The van der Waals surface area contributed by atoms with E-state index in [1.165, 1.54) is 6.92 Å². The van der Waals surface area contributed by atoms with Crippen LogP contribution in [0.4, 0.5) is 23.2 Å². The van der Waals surface area contributed by atoms with Gasteiger partial charge in [-0.1, -0.05) is 6.08 Å². The molecule has 0 radical (unpaired) electrons. The minimum atomic E-state index is -4.60. The van der Waals surface area contributed by atoms with Crippen LogP contribution in [0.15, 0.2) is 42.3 Å². The lowest BCUT2D eigenvalue weighted by Gasteiger charge is -2.24. The van der Waals surface area contributed by atoms with Gasteiger partial charge < -0.3 is 4.74 Å². The van der Waals surface area contributed by atoms with Gasteiger partial charge in [0.1, 0.15) is 17.7 Å². The zero-order valence-electron chi connectivity index (χ0n) is 11.9. The highest BCUT2D eigenvalue weighted by atomic mass is 19.4. The molecule has 1 aromatic carbocycles. The lowest BCUT2D eigenvalue weighted by Crippen LogP contribution is -2.33. The number of hydrogen-bond acceptors (Lipinski definition) is 2. The summed E-state index contributed by atoms with van der Waals surface area (Å²) in [6, 6.07) is 3.25. The highest BCUT2D eigenvalue weighted by molar-refractivity contribution is 5.59. The summed E-state index contributed by atoms with van der Waals surface area (Å²) in [5.41, 5.74) is 0.0542. The van der Waals surface area contributed by atoms with Crippen LogP contribution in [0.3, 0.4) is 0 Å². The third kappa shape index (κ3) is 3.10. The molecule has 0 N–H and O–H groups in total. The van der Waals surface area contributed by atoms with Crippen molar-refractivity contribution in [1.29, 1.82) is 0 Å². The molecular weight excluding hydrogens is 298 g/mol. The zero-order chi connectivity index (χ0) is 15.9. The average Bonchev–Trinajstić information content (AvgIpc) is 3.24. The van der Waals surface area contributed by atoms with Crippen LogP contribution in [0.1, 0.15) is 31.4 Å². The summed E-state index contributed by atoms with van der Waals surface area (Å²) in [7, 11) is 0. The molecule has 1 aromatic rings. The first-order chi connectivity index (χ1) is 10.3. The summed E-state index contributed by atoms with van der Waals surface area (Å²) in [4.78, 5) is 0.169. The molecule has 0 amide bonds. The van der Waals surface area contributed by atoms with Crippen LogP contribution in [0.2, 0.25) is 0 Å². The van der Waals surface area contributed by atoms with E-state index in [4.69, 9.17) is 4.74 Å². The molecular formula is C16H15F4NO. The van der Waals surface area contributed by atoms with Crippen LogP contribution < -0.4 is 4.90 Å². The third-order valence-electron chi connectivity index (χ3n) is 3.63. The standard InChI is InChI=1S/C16H15F4NO/c1-10-9-21(16(18,19)20)14-6-5-12(17)8-13(14)15(22-10)7-4-11-2-3-11/h4-9,11,15H,2-3H2,1H3/t15-/m0/s1. The minimum Gasteiger partial charge on any atom is -0.485 e. The Bertz CT molecular complexity index is 632. The summed E-state index contributed by atoms with van der Waals surface area (Å²) in [5, 5.41) is 0. The van der Waals surface area contributed by atoms with Gasteiger partial charge in [0.2, 0.25) is 0 Å². The van der Waals surface area contributed by atoms with Crippen LogP contribution in [-0.4, -0.2) is 6.30 Å². The fourth-order valence-electron chi connectivity index (χ4n) is 2.42. The van der Waals surface area contributed by atoms with Gasteiger partial charge >= 0.3 is 6.30 Å². The molecule has 0 bridgehead atoms. The Morgan fingerprint density at radius 3 is 2.59 bits per heavy atom. The Morgan fingerprint density at radius 1 is 1.23 bits per heavy atom. The molecule has 0 aromatic heterocycles. The molecule has 1 atom stereocenters. The Morgan fingerprint density at radius 2 is 1.95 bits per heavy atom. The first-order valence-corrected chi connectivity index (χ1v) is 7.03. The van der Waals surface area contributed by atoms with Crippen molar-refractivity contribution in [3.63, 3.8) is 0 Å². The molecule has 118 valence electrons. The number of allylic oxidation sites excluding steroid dienone is 2. The predicted molar refractivity (Wildman–Crippen MR) is 74.4 cm³/mol. The number of halogens is 4. The van der Waals surface area contributed by atoms with E-state index in [1.54, 1.807) is 6.08 Å².